The molecule has 1 rings (SSSR count). The Labute approximate surface area is 172 Å². The van der Waals surface area contributed by atoms with E-state index < -0.39 is 42.0 Å². The van der Waals surface area contributed by atoms with Crippen LogP contribution in [0.5, 0.6) is 0 Å². The van der Waals surface area contributed by atoms with Gasteiger partial charge < -0.3 is 26.4 Å². The van der Waals surface area contributed by atoms with Crippen molar-refractivity contribution in [2.24, 2.45) is 17.6 Å². The normalized spacial score (nSPS) is 19.7. The Kier molecular flexibility index (Phi) is 9.55. The molecule has 1 heterocycles. The smallest absolute Gasteiger partial charge is 0.326 e. The zero-order chi connectivity index (χ0) is 22.3. The summed E-state index contributed by atoms with van der Waals surface area (Å²) in [5, 5.41) is 14.3. The fourth-order valence-electron chi connectivity index (χ4n) is 3.49. The van der Waals surface area contributed by atoms with Gasteiger partial charge in [0.15, 0.2) is 0 Å². The third-order valence-electron chi connectivity index (χ3n) is 4.95. The number of nitrogens with zero attached hydrogens (tertiary/aromatic N) is 1. The monoisotopic (exact) mass is 412 g/mol. The van der Waals surface area contributed by atoms with Crippen molar-refractivity contribution in [2.45, 2.75) is 84.5 Å². The average molecular weight is 413 g/mol. The molecule has 1 aliphatic rings. The molecule has 1 fully saturated rings. The summed E-state index contributed by atoms with van der Waals surface area (Å²) in [5.74, 6) is -2.01. The zero-order valence-corrected chi connectivity index (χ0v) is 18.1. The Balaban J connectivity index is 2.69. The van der Waals surface area contributed by atoms with Crippen LogP contribution in [-0.2, 0) is 19.2 Å². The summed E-state index contributed by atoms with van der Waals surface area (Å²) >= 11 is 0. The van der Waals surface area contributed by atoms with Crippen LogP contribution in [0.25, 0.3) is 0 Å². The van der Waals surface area contributed by atoms with Gasteiger partial charge in [0.1, 0.15) is 18.1 Å². The van der Waals surface area contributed by atoms with Crippen LogP contribution in [0.3, 0.4) is 0 Å². The van der Waals surface area contributed by atoms with Crippen molar-refractivity contribution in [3.63, 3.8) is 0 Å². The van der Waals surface area contributed by atoms with Crippen molar-refractivity contribution in [1.82, 2.24) is 15.5 Å². The number of nitrogens with one attached hydrogen (secondary N) is 2. The minimum atomic E-state index is -1.11. The van der Waals surface area contributed by atoms with Crippen LogP contribution in [0.4, 0.5) is 0 Å². The Morgan fingerprint density at radius 1 is 1.03 bits per heavy atom. The van der Waals surface area contributed by atoms with E-state index in [4.69, 9.17) is 5.73 Å². The number of rotatable bonds is 10. The van der Waals surface area contributed by atoms with Gasteiger partial charge in [0.05, 0.1) is 6.04 Å². The zero-order valence-electron chi connectivity index (χ0n) is 18.1. The molecule has 4 unspecified atom stereocenters. The molecule has 0 spiro atoms. The van der Waals surface area contributed by atoms with E-state index in [1.54, 1.807) is 0 Å². The van der Waals surface area contributed by atoms with Gasteiger partial charge in [-0.1, -0.05) is 27.7 Å². The van der Waals surface area contributed by atoms with E-state index in [0.717, 1.165) is 0 Å². The lowest BCUT2D eigenvalue weighted by Crippen LogP contribution is -2.56. The third kappa shape index (κ3) is 7.64. The maximum Gasteiger partial charge on any atom is 0.326 e. The maximum absolute atomic E-state index is 12.7. The standard InChI is InChI=1S/C20H36N4O5/c1-11(2)9-14(21)19(27)24-8-6-7-16(24)18(26)22-13(5)17(25)23-15(20(28)29)10-12(3)4/h11-16H,6-10,21H2,1-5H3,(H,22,26)(H,23,25)(H,28,29). The molecule has 1 aliphatic heterocycles. The van der Waals surface area contributed by atoms with Crippen LogP contribution >= 0.6 is 0 Å². The van der Waals surface area contributed by atoms with Gasteiger partial charge >= 0.3 is 5.97 Å². The minimum Gasteiger partial charge on any atom is -0.480 e. The Hall–Kier alpha value is -2.16. The van der Waals surface area contributed by atoms with Crippen LogP contribution < -0.4 is 16.4 Å². The van der Waals surface area contributed by atoms with Gasteiger partial charge in [-0.15, -0.1) is 0 Å². The fraction of sp³-hybridized carbons (Fsp3) is 0.800. The second-order valence-corrected chi connectivity index (χ2v) is 8.68. The third-order valence-corrected chi connectivity index (χ3v) is 4.95. The molecule has 0 aromatic carbocycles. The summed E-state index contributed by atoms with van der Waals surface area (Å²) in [6.07, 6.45) is 2.02. The lowest BCUT2D eigenvalue weighted by Gasteiger charge is -2.28. The SMILES string of the molecule is CC(C)CC(N)C(=O)N1CCCC1C(=O)NC(C)C(=O)NC(CC(C)C)C(=O)O. The van der Waals surface area contributed by atoms with Gasteiger partial charge in [-0.05, 0) is 44.4 Å². The van der Waals surface area contributed by atoms with E-state index in [9.17, 15) is 24.3 Å². The lowest BCUT2D eigenvalue weighted by molar-refractivity contribution is -0.143. The van der Waals surface area contributed by atoms with Crippen LogP contribution in [-0.4, -0.2) is 64.4 Å². The molecule has 29 heavy (non-hydrogen) atoms. The largest absolute Gasteiger partial charge is 0.480 e. The molecule has 0 aliphatic carbocycles. The number of likely N-dealkylation sites (tertiary alicyclic amines) is 1. The lowest BCUT2D eigenvalue weighted by atomic mass is 10.0. The molecule has 3 amide bonds. The van der Waals surface area contributed by atoms with Crippen molar-refractivity contribution in [1.29, 1.82) is 0 Å². The number of hydrogen-bond donors (Lipinski definition) is 4. The molecule has 1 saturated heterocycles. The van der Waals surface area contributed by atoms with Crippen molar-refractivity contribution in [2.75, 3.05) is 6.54 Å². The Morgan fingerprint density at radius 2 is 1.62 bits per heavy atom. The molecule has 9 nitrogen and oxygen atoms in total. The number of hydrogen-bond acceptors (Lipinski definition) is 5. The molecule has 0 aromatic rings. The topological polar surface area (TPSA) is 142 Å². The van der Waals surface area contributed by atoms with Gasteiger partial charge in [0, 0.05) is 6.54 Å². The quantitative estimate of drug-likeness (QED) is 0.411. The molecule has 0 saturated carbocycles. The predicted molar refractivity (Wildman–Crippen MR) is 109 cm³/mol. The summed E-state index contributed by atoms with van der Waals surface area (Å²) in [6.45, 7) is 9.63. The first kappa shape index (κ1) is 24.9. The molecule has 4 atom stereocenters. The van der Waals surface area contributed by atoms with Crippen molar-refractivity contribution in [3.05, 3.63) is 0 Å². The number of nitrogens with two attached hydrogens (primary N) is 1. The predicted octanol–water partition coefficient (Wildman–Crippen LogP) is 0.471. The molecule has 0 bridgehead atoms. The van der Waals surface area contributed by atoms with Gasteiger partial charge in [-0.3, -0.25) is 14.4 Å². The Bertz CT molecular complexity index is 608. The number of carboxylic acid groups (broad SMARTS) is 1. The van der Waals surface area contributed by atoms with E-state index in [2.05, 4.69) is 10.6 Å². The second-order valence-electron chi connectivity index (χ2n) is 8.68. The first-order chi connectivity index (χ1) is 13.4. The van der Waals surface area contributed by atoms with Crippen LogP contribution in [0.2, 0.25) is 0 Å². The number of carbonyl (C=O) groups is 4. The summed E-state index contributed by atoms with van der Waals surface area (Å²) < 4.78 is 0. The van der Waals surface area contributed by atoms with Crippen molar-refractivity contribution < 1.29 is 24.3 Å². The van der Waals surface area contributed by atoms with Gasteiger partial charge in [-0.2, -0.15) is 0 Å². The molecule has 0 radical (unpaired) electrons. The molecular weight excluding hydrogens is 376 g/mol. The fourth-order valence-corrected chi connectivity index (χ4v) is 3.49. The van der Waals surface area contributed by atoms with Gasteiger partial charge in [0.2, 0.25) is 17.7 Å². The van der Waals surface area contributed by atoms with Crippen LogP contribution in [0, 0.1) is 11.8 Å². The second kappa shape index (κ2) is 11.1. The molecular formula is C20H36N4O5. The van der Waals surface area contributed by atoms with Crippen LogP contribution in [0.1, 0.15) is 60.3 Å². The highest BCUT2D eigenvalue weighted by molar-refractivity contribution is 5.94. The Morgan fingerprint density at radius 3 is 2.14 bits per heavy atom. The summed E-state index contributed by atoms with van der Waals surface area (Å²) in [5.41, 5.74) is 5.99. The molecule has 0 aromatic heterocycles. The maximum atomic E-state index is 12.7. The first-order valence-electron chi connectivity index (χ1n) is 10.3. The summed E-state index contributed by atoms with van der Waals surface area (Å²) in [7, 11) is 0. The van der Waals surface area contributed by atoms with Crippen molar-refractivity contribution >= 4 is 23.7 Å². The minimum absolute atomic E-state index is 0.0920. The van der Waals surface area contributed by atoms with E-state index >= 15 is 0 Å². The van der Waals surface area contributed by atoms with E-state index in [1.807, 2.05) is 27.7 Å². The summed E-state index contributed by atoms with van der Waals surface area (Å²) in [4.78, 5) is 50.5. The number of aliphatic carboxylic acids is 1. The summed E-state index contributed by atoms with van der Waals surface area (Å²) in [6, 6.07) is -3.25. The molecule has 9 heteroatoms. The van der Waals surface area contributed by atoms with E-state index in [1.165, 1.54) is 11.8 Å². The first-order valence-corrected chi connectivity index (χ1v) is 10.3. The average Bonchev–Trinajstić information content (AvgIpc) is 3.08. The van der Waals surface area contributed by atoms with Gasteiger partial charge in [0.25, 0.3) is 0 Å². The van der Waals surface area contributed by atoms with E-state index in [0.29, 0.717) is 32.2 Å². The molecule has 5 N–H and O–H groups in total. The number of carbonyl (C=O) groups excluding carboxylic acids is 3. The van der Waals surface area contributed by atoms with Crippen molar-refractivity contribution in [3.8, 4) is 0 Å². The molecule has 166 valence electrons. The number of amides is 3. The highest BCUT2D eigenvalue weighted by Crippen LogP contribution is 2.20. The van der Waals surface area contributed by atoms with Gasteiger partial charge in [-0.25, -0.2) is 4.79 Å². The number of carboxylic acids is 1. The van der Waals surface area contributed by atoms with E-state index in [-0.39, 0.29) is 17.7 Å². The highest BCUT2D eigenvalue weighted by atomic mass is 16.4. The van der Waals surface area contributed by atoms with Crippen LogP contribution in [0.15, 0.2) is 0 Å². The highest BCUT2D eigenvalue weighted by Gasteiger charge is 2.37.